The molecule has 2 aromatic carbocycles. The van der Waals surface area contributed by atoms with E-state index in [1.165, 1.54) is 0 Å². The van der Waals surface area contributed by atoms with Crippen molar-refractivity contribution in [2.45, 2.75) is 64.2 Å². The Morgan fingerprint density at radius 1 is 1.06 bits per heavy atom. The SMILES string of the molecule is COc1ccccc1-n1nc(O[C@H]2CC[C@@H](NC(=O)OC(C)(C)C)CC2)cc1-c1ccc(Cl)cc1. The molecule has 7 nitrogen and oxygen atoms in total. The number of methoxy groups -OCH3 is 1. The standard InChI is InChI=1S/C27H32ClN3O4/c1-27(2,3)35-26(32)29-20-13-15-21(16-14-20)34-25-17-23(18-9-11-19(28)12-10-18)31(30-25)22-7-5-6-8-24(22)33-4/h5-12,17,20-21H,13-16H2,1-4H3,(H,29,32)/t20-,21+. The number of para-hydroxylation sites is 2. The first-order valence-corrected chi connectivity index (χ1v) is 12.3. The molecule has 0 atom stereocenters. The van der Waals surface area contributed by atoms with Crippen molar-refractivity contribution in [1.82, 2.24) is 15.1 Å². The first kappa shape index (κ1) is 24.9. The van der Waals surface area contributed by atoms with Crippen molar-refractivity contribution in [2.24, 2.45) is 0 Å². The zero-order valence-electron chi connectivity index (χ0n) is 20.6. The smallest absolute Gasteiger partial charge is 0.407 e. The van der Waals surface area contributed by atoms with Crippen LogP contribution in [0.5, 0.6) is 11.6 Å². The predicted molar refractivity (Wildman–Crippen MR) is 137 cm³/mol. The normalized spacial score (nSPS) is 18.1. The molecule has 1 fully saturated rings. The number of halogens is 1. The van der Waals surface area contributed by atoms with E-state index in [0.29, 0.717) is 16.7 Å². The minimum absolute atomic E-state index is 0.0192. The highest BCUT2D eigenvalue weighted by molar-refractivity contribution is 6.30. The van der Waals surface area contributed by atoms with Crippen LogP contribution in [0.4, 0.5) is 4.79 Å². The average Bonchev–Trinajstić information content (AvgIpc) is 3.23. The minimum Gasteiger partial charge on any atom is -0.494 e. The lowest BCUT2D eigenvalue weighted by Crippen LogP contribution is -2.42. The first-order valence-electron chi connectivity index (χ1n) is 11.9. The second kappa shape index (κ2) is 10.6. The summed E-state index contributed by atoms with van der Waals surface area (Å²) >= 11 is 6.11. The second-order valence-electron chi connectivity index (χ2n) is 9.70. The molecule has 35 heavy (non-hydrogen) atoms. The summed E-state index contributed by atoms with van der Waals surface area (Å²) in [7, 11) is 1.64. The summed E-state index contributed by atoms with van der Waals surface area (Å²) in [5.74, 6) is 1.26. The number of nitrogens with zero attached hydrogens (tertiary/aromatic N) is 2. The molecule has 4 rings (SSSR count). The highest BCUT2D eigenvalue weighted by Crippen LogP contribution is 2.33. The van der Waals surface area contributed by atoms with E-state index >= 15 is 0 Å². The molecule has 1 heterocycles. The summed E-state index contributed by atoms with van der Waals surface area (Å²) in [6, 6.07) is 17.4. The lowest BCUT2D eigenvalue weighted by molar-refractivity contribution is 0.0469. The van der Waals surface area contributed by atoms with Gasteiger partial charge in [0.1, 0.15) is 23.1 Å². The van der Waals surface area contributed by atoms with E-state index in [9.17, 15) is 4.79 Å². The molecule has 1 aliphatic rings. The van der Waals surface area contributed by atoms with E-state index in [1.807, 2.05) is 80.1 Å². The number of benzene rings is 2. The number of aromatic nitrogens is 2. The van der Waals surface area contributed by atoms with Crippen LogP contribution in [0.3, 0.4) is 0 Å². The van der Waals surface area contributed by atoms with Gasteiger partial charge >= 0.3 is 6.09 Å². The van der Waals surface area contributed by atoms with Crippen LogP contribution in [0.15, 0.2) is 54.6 Å². The number of hydrogen-bond donors (Lipinski definition) is 1. The Hall–Kier alpha value is -3.19. The number of alkyl carbamates (subject to hydrolysis) is 1. The molecule has 0 unspecified atom stereocenters. The van der Waals surface area contributed by atoms with Crippen molar-refractivity contribution < 1.29 is 19.0 Å². The van der Waals surface area contributed by atoms with Gasteiger partial charge in [0.25, 0.3) is 0 Å². The van der Waals surface area contributed by atoms with Gasteiger partial charge in [-0.25, -0.2) is 9.48 Å². The molecule has 0 saturated heterocycles. The molecule has 1 N–H and O–H groups in total. The lowest BCUT2D eigenvalue weighted by atomic mass is 9.93. The van der Waals surface area contributed by atoms with Crippen molar-refractivity contribution >= 4 is 17.7 Å². The second-order valence-corrected chi connectivity index (χ2v) is 10.1. The Kier molecular flexibility index (Phi) is 7.55. The molecule has 1 amide bonds. The van der Waals surface area contributed by atoms with Crippen molar-refractivity contribution in [3.63, 3.8) is 0 Å². The summed E-state index contributed by atoms with van der Waals surface area (Å²) in [5, 5.41) is 8.43. The minimum atomic E-state index is -0.507. The molecule has 1 saturated carbocycles. The van der Waals surface area contributed by atoms with E-state index in [2.05, 4.69) is 5.32 Å². The largest absolute Gasteiger partial charge is 0.494 e. The predicted octanol–water partition coefficient (Wildman–Crippen LogP) is 6.42. The lowest BCUT2D eigenvalue weighted by Gasteiger charge is -2.29. The van der Waals surface area contributed by atoms with E-state index in [1.54, 1.807) is 7.11 Å². The van der Waals surface area contributed by atoms with Gasteiger partial charge in [0.15, 0.2) is 0 Å². The number of ether oxygens (including phenoxy) is 3. The summed E-state index contributed by atoms with van der Waals surface area (Å²) < 4.78 is 19.1. The molecule has 3 aromatic rings. The van der Waals surface area contributed by atoms with Crippen LogP contribution in [0, 0.1) is 0 Å². The van der Waals surface area contributed by atoms with E-state index in [4.69, 9.17) is 30.9 Å². The van der Waals surface area contributed by atoms with Gasteiger partial charge in [0, 0.05) is 22.7 Å². The molecule has 186 valence electrons. The fraction of sp³-hybridized carbons (Fsp3) is 0.407. The molecule has 0 aliphatic heterocycles. The maximum absolute atomic E-state index is 12.1. The topological polar surface area (TPSA) is 74.6 Å². The van der Waals surface area contributed by atoms with E-state index < -0.39 is 5.60 Å². The molecule has 0 bridgehead atoms. The van der Waals surface area contributed by atoms with Crippen LogP contribution < -0.4 is 14.8 Å². The Morgan fingerprint density at radius 2 is 1.74 bits per heavy atom. The maximum Gasteiger partial charge on any atom is 0.407 e. The van der Waals surface area contributed by atoms with Gasteiger partial charge in [0.2, 0.25) is 5.88 Å². The highest BCUT2D eigenvalue weighted by atomic mass is 35.5. The summed E-state index contributed by atoms with van der Waals surface area (Å²) in [6.07, 6.45) is 2.93. The van der Waals surface area contributed by atoms with Crippen molar-refractivity contribution in [3.05, 3.63) is 59.6 Å². The van der Waals surface area contributed by atoms with Crippen molar-refractivity contribution in [2.75, 3.05) is 7.11 Å². The van der Waals surface area contributed by atoms with Gasteiger partial charge in [-0.05, 0) is 70.7 Å². The Bertz CT molecular complexity index is 1150. The fourth-order valence-corrected chi connectivity index (χ4v) is 4.33. The maximum atomic E-state index is 12.1. The number of nitrogens with one attached hydrogen (secondary N) is 1. The van der Waals surface area contributed by atoms with E-state index in [-0.39, 0.29) is 18.2 Å². The number of carbonyl (C=O) groups is 1. The van der Waals surface area contributed by atoms with Gasteiger partial charge in [-0.2, -0.15) is 0 Å². The molecule has 8 heteroatoms. The molecular weight excluding hydrogens is 466 g/mol. The highest BCUT2D eigenvalue weighted by Gasteiger charge is 2.27. The van der Waals surface area contributed by atoms with Crippen LogP contribution >= 0.6 is 11.6 Å². The molecule has 0 radical (unpaired) electrons. The van der Waals surface area contributed by atoms with Gasteiger partial charge < -0.3 is 19.5 Å². The first-order chi connectivity index (χ1) is 16.7. The zero-order valence-corrected chi connectivity index (χ0v) is 21.3. The average molecular weight is 498 g/mol. The Labute approximate surface area is 211 Å². The molecule has 0 spiro atoms. The summed E-state index contributed by atoms with van der Waals surface area (Å²) in [6.45, 7) is 5.58. The van der Waals surface area contributed by atoms with Crippen LogP contribution in [-0.2, 0) is 4.74 Å². The Morgan fingerprint density at radius 3 is 2.40 bits per heavy atom. The Balaban J connectivity index is 1.49. The third-order valence-corrected chi connectivity index (χ3v) is 6.07. The fourth-order valence-electron chi connectivity index (χ4n) is 4.20. The summed E-state index contributed by atoms with van der Waals surface area (Å²) in [5.41, 5.74) is 2.15. The van der Waals surface area contributed by atoms with Crippen molar-refractivity contribution in [1.29, 1.82) is 0 Å². The number of carbonyl (C=O) groups excluding carboxylic acids is 1. The molecule has 1 aliphatic carbocycles. The van der Waals surface area contributed by atoms with Gasteiger partial charge in [-0.1, -0.05) is 35.9 Å². The third kappa shape index (κ3) is 6.48. The van der Waals surface area contributed by atoms with Gasteiger partial charge in [-0.3, -0.25) is 0 Å². The van der Waals surface area contributed by atoms with Crippen LogP contribution in [0.25, 0.3) is 16.9 Å². The monoisotopic (exact) mass is 497 g/mol. The number of hydrogen-bond acceptors (Lipinski definition) is 5. The summed E-state index contributed by atoms with van der Waals surface area (Å²) in [4.78, 5) is 12.1. The quantitative estimate of drug-likeness (QED) is 0.425. The molecular formula is C27H32ClN3O4. The number of amides is 1. The number of rotatable bonds is 6. The molecule has 1 aromatic heterocycles. The third-order valence-electron chi connectivity index (χ3n) is 5.82. The van der Waals surface area contributed by atoms with Crippen LogP contribution in [0.2, 0.25) is 5.02 Å². The van der Waals surface area contributed by atoms with E-state index in [0.717, 1.165) is 42.6 Å². The van der Waals surface area contributed by atoms with Gasteiger partial charge in [0.05, 0.1) is 12.8 Å². The van der Waals surface area contributed by atoms with Crippen LogP contribution in [0.1, 0.15) is 46.5 Å². The van der Waals surface area contributed by atoms with Gasteiger partial charge in [-0.15, -0.1) is 5.10 Å². The zero-order chi connectivity index (χ0) is 25.0. The van der Waals surface area contributed by atoms with Crippen LogP contribution in [-0.4, -0.2) is 40.7 Å². The van der Waals surface area contributed by atoms with Crippen molar-refractivity contribution in [3.8, 4) is 28.6 Å².